The number of urea groups is 1. The molecule has 1 unspecified atom stereocenters. The molecule has 1 aliphatic rings. The zero-order valence-corrected chi connectivity index (χ0v) is 25.2. The van der Waals surface area contributed by atoms with E-state index < -0.39 is 11.9 Å². The molecule has 2 aromatic carbocycles. The Balaban J connectivity index is 1.47. The largest absolute Gasteiger partial charge is 0.324 e. The standard InChI is InChI=1S/C33H37ClN6O2/c1-21-11-13-23(14-12-21)40-28(20-27(39-40)33(2,3)4)38-32(42)37-26-10-6-5-8-24(26)29(22-15-18-35-19-16-22)30(41)25-9-7-17-36-31(25)34/h5-14,17,20,22,29,35H,15-16,18-19H2,1-4H3,(H2,37,38,42). The normalized spacial score (nSPS) is 14.8. The lowest BCUT2D eigenvalue weighted by Gasteiger charge is -2.31. The average molecular weight is 585 g/mol. The predicted molar refractivity (Wildman–Crippen MR) is 168 cm³/mol. The molecule has 0 saturated carbocycles. The number of para-hydroxylation sites is 1. The zero-order chi connectivity index (χ0) is 29.9. The van der Waals surface area contributed by atoms with Crippen LogP contribution in [0.2, 0.25) is 5.15 Å². The fraction of sp³-hybridized carbons (Fsp3) is 0.333. The van der Waals surface area contributed by atoms with Gasteiger partial charge in [0.05, 0.1) is 22.9 Å². The Kier molecular flexibility index (Phi) is 8.75. The molecular formula is C33H37ClN6O2. The summed E-state index contributed by atoms with van der Waals surface area (Å²) in [4.78, 5) is 31.7. The number of nitrogens with zero attached hydrogens (tertiary/aromatic N) is 3. The van der Waals surface area contributed by atoms with Gasteiger partial charge in [-0.1, -0.05) is 68.3 Å². The number of hydrogen-bond donors (Lipinski definition) is 3. The molecule has 5 rings (SSSR count). The number of Topliss-reactive ketones (excluding diaryl/α,β-unsaturated/α-hetero) is 1. The number of carbonyl (C=O) groups excluding carboxylic acids is 2. The minimum absolute atomic E-state index is 0.0818. The third-order valence-electron chi connectivity index (χ3n) is 7.70. The number of nitrogens with one attached hydrogen (secondary N) is 3. The number of ketones is 1. The van der Waals surface area contributed by atoms with E-state index in [1.807, 2.05) is 61.5 Å². The SMILES string of the molecule is Cc1ccc(-n2nc(C(C)(C)C)cc2NC(=O)Nc2ccccc2C(C(=O)c2cccnc2Cl)C2CCNCC2)cc1. The van der Waals surface area contributed by atoms with E-state index in [0.29, 0.717) is 17.1 Å². The van der Waals surface area contributed by atoms with Crippen LogP contribution >= 0.6 is 11.6 Å². The number of halogens is 1. The van der Waals surface area contributed by atoms with Gasteiger partial charge in [-0.2, -0.15) is 5.10 Å². The van der Waals surface area contributed by atoms with Crippen molar-refractivity contribution >= 4 is 34.9 Å². The van der Waals surface area contributed by atoms with Gasteiger partial charge < -0.3 is 10.6 Å². The highest BCUT2D eigenvalue weighted by atomic mass is 35.5. The molecule has 2 amide bonds. The predicted octanol–water partition coefficient (Wildman–Crippen LogP) is 7.14. The van der Waals surface area contributed by atoms with Gasteiger partial charge in [0.1, 0.15) is 11.0 Å². The molecule has 4 aromatic rings. The highest BCUT2D eigenvalue weighted by Crippen LogP contribution is 2.38. The average Bonchev–Trinajstić information content (AvgIpc) is 3.39. The summed E-state index contributed by atoms with van der Waals surface area (Å²) in [7, 11) is 0. The number of aromatic nitrogens is 3. The van der Waals surface area contributed by atoms with Gasteiger partial charge in [-0.25, -0.2) is 14.5 Å². The van der Waals surface area contributed by atoms with Gasteiger partial charge in [-0.05, 0) is 74.7 Å². The van der Waals surface area contributed by atoms with Gasteiger partial charge in [-0.3, -0.25) is 10.1 Å². The van der Waals surface area contributed by atoms with Crippen molar-refractivity contribution in [3.8, 4) is 5.69 Å². The fourth-order valence-electron chi connectivity index (χ4n) is 5.40. The van der Waals surface area contributed by atoms with Crippen LogP contribution < -0.4 is 16.0 Å². The van der Waals surface area contributed by atoms with E-state index in [2.05, 4.69) is 41.7 Å². The Bertz CT molecular complexity index is 1570. The van der Waals surface area contributed by atoms with Crippen molar-refractivity contribution in [1.82, 2.24) is 20.1 Å². The summed E-state index contributed by atoms with van der Waals surface area (Å²) < 4.78 is 1.75. The van der Waals surface area contributed by atoms with E-state index in [4.69, 9.17) is 16.7 Å². The summed E-state index contributed by atoms with van der Waals surface area (Å²) in [6, 6.07) is 20.4. The minimum atomic E-state index is -0.490. The van der Waals surface area contributed by atoms with Crippen LogP contribution in [0.15, 0.2) is 72.9 Å². The van der Waals surface area contributed by atoms with Gasteiger partial charge in [-0.15, -0.1) is 0 Å². The summed E-state index contributed by atoms with van der Waals surface area (Å²) in [6.07, 6.45) is 3.24. The summed E-state index contributed by atoms with van der Waals surface area (Å²) in [5.74, 6) is 0.0445. The van der Waals surface area contributed by atoms with E-state index in [9.17, 15) is 9.59 Å². The van der Waals surface area contributed by atoms with Crippen LogP contribution in [-0.4, -0.2) is 39.7 Å². The van der Waals surface area contributed by atoms with Crippen molar-refractivity contribution in [3.63, 3.8) is 0 Å². The summed E-state index contributed by atoms with van der Waals surface area (Å²) in [5, 5.41) is 14.4. The van der Waals surface area contributed by atoms with Crippen molar-refractivity contribution in [1.29, 1.82) is 0 Å². The molecule has 1 saturated heterocycles. The first kappa shape index (κ1) is 29.5. The number of hydrogen-bond acceptors (Lipinski definition) is 5. The van der Waals surface area contributed by atoms with Crippen molar-refractivity contribution in [2.75, 3.05) is 23.7 Å². The first-order valence-corrected chi connectivity index (χ1v) is 14.7. The topological polar surface area (TPSA) is 101 Å². The van der Waals surface area contributed by atoms with Crippen LogP contribution in [0.4, 0.5) is 16.3 Å². The Hall–Kier alpha value is -4.01. The molecule has 218 valence electrons. The van der Waals surface area contributed by atoms with Crippen molar-refractivity contribution < 1.29 is 9.59 Å². The van der Waals surface area contributed by atoms with Gasteiger partial charge >= 0.3 is 6.03 Å². The molecule has 2 aromatic heterocycles. The zero-order valence-electron chi connectivity index (χ0n) is 24.4. The van der Waals surface area contributed by atoms with Crippen LogP contribution in [-0.2, 0) is 5.41 Å². The smallest absolute Gasteiger partial charge is 0.317 e. The lowest BCUT2D eigenvalue weighted by molar-refractivity contribution is 0.0916. The van der Waals surface area contributed by atoms with Gasteiger partial charge in [0.15, 0.2) is 5.78 Å². The second kappa shape index (κ2) is 12.5. The molecule has 42 heavy (non-hydrogen) atoms. The van der Waals surface area contributed by atoms with E-state index in [1.165, 1.54) is 0 Å². The Morgan fingerprint density at radius 1 is 1.00 bits per heavy atom. The number of rotatable bonds is 7. The van der Waals surface area contributed by atoms with Crippen LogP contribution in [0.5, 0.6) is 0 Å². The number of pyridine rings is 1. The van der Waals surface area contributed by atoms with Crippen LogP contribution in [0.1, 0.15) is 66.7 Å². The highest BCUT2D eigenvalue weighted by Gasteiger charge is 2.34. The monoisotopic (exact) mass is 584 g/mol. The minimum Gasteiger partial charge on any atom is -0.317 e. The second-order valence-electron chi connectivity index (χ2n) is 11.8. The summed E-state index contributed by atoms with van der Waals surface area (Å²) in [6.45, 7) is 9.93. The van der Waals surface area contributed by atoms with Crippen molar-refractivity contribution in [2.24, 2.45) is 5.92 Å². The number of anilines is 2. The van der Waals surface area contributed by atoms with Gasteiger partial charge in [0.25, 0.3) is 0 Å². The molecule has 0 aliphatic carbocycles. The number of aryl methyl sites for hydroxylation is 1. The van der Waals surface area contributed by atoms with Gasteiger partial charge in [0.2, 0.25) is 0 Å². The van der Waals surface area contributed by atoms with Crippen LogP contribution in [0, 0.1) is 12.8 Å². The van der Waals surface area contributed by atoms with Crippen LogP contribution in [0.3, 0.4) is 0 Å². The van der Waals surface area contributed by atoms with Crippen molar-refractivity contribution in [2.45, 2.75) is 51.9 Å². The van der Waals surface area contributed by atoms with Crippen molar-refractivity contribution in [3.05, 3.63) is 100 Å². The van der Waals surface area contributed by atoms with E-state index >= 15 is 0 Å². The molecule has 3 N–H and O–H groups in total. The lowest BCUT2D eigenvalue weighted by atomic mass is 9.76. The first-order chi connectivity index (χ1) is 20.1. The number of carbonyl (C=O) groups is 2. The lowest BCUT2D eigenvalue weighted by Crippen LogP contribution is -2.34. The van der Waals surface area contributed by atoms with E-state index in [0.717, 1.165) is 48.4 Å². The molecule has 3 heterocycles. The molecule has 8 nitrogen and oxygen atoms in total. The summed E-state index contributed by atoms with van der Waals surface area (Å²) >= 11 is 6.38. The molecular weight excluding hydrogens is 548 g/mol. The second-order valence-corrected chi connectivity index (χ2v) is 12.2. The maximum absolute atomic E-state index is 14.0. The van der Waals surface area contributed by atoms with E-state index in [1.54, 1.807) is 23.0 Å². The third kappa shape index (κ3) is 6.55. The Morgan fingerprint density at radius 3 is 2.40 bits per heavy atom. The third-order valence-corrected chi connectivity index (χ3v) is 8.01. The quantitative estimate of drug-likeness (QED) is 0.158. The molecule has 0 radical (unpaired) electrons. The summed E-state index contributed by atoms with van der Waals surface area (Å²) in [5.41, 5.74) is 4.33. The highest BCUT2D eigenvalue weighted by molar-refractivity contribution is 6.33. The first-order valence-electron chi connectivity index (χ1n) is 14.3. The number of piperidine rings is 1. The Labute approximate surface area is 251 Å². The van der Waals surface area contributed by atoms with E-state index in [-0.39, 0.29) is 22.3 Å². The molecule has 1 atom stereocenters. The molecule has 1 fully saturated rings. The fourth-order valence-corrected chi connectivity index (χ4v) is 5.61. The maximum atomic E-state index is 14.0. The van der Waals surface area contributed by atoms with Gasteiger partial charge in [0, 0.05) is 23.4 Å². The number of amides is 2. The molecule has 9 heteroatoms. The maximum Gasteiger partial charge on any atom is 0.324 e. The van der Waals surface area contributed by atoms with Crippen LogP contribution in [0.25, 0.3) is 5.69 Å². The number of benzene rings is 2. The molecule has 0 bridgehead atoms. The Morgan fingerprint density at radius 2 is 1.71 bits per heavy atom. The molecule has 0 spiro atoms. The molecule has 1 aliphatic heterocycles.